The first kappa shape index (κ1) is 22.4. The standard InChI is InChI=1S/C13H11F7N4O5/c1-3-29-8(25)5-4-21-24-7(5)23-22-6(9(26)28-2)10(24,27)11(14,15)12(16,17)13(18,19)20/h4,23,27H,3H2,1-2H3. The number of nitrogens with zero attached hydrogens (tertiary/aromatic N) is 3. The molecule has 162 valence electrons. The Balaban J connectivity index is 2.80. The maximum Gasteiger partial charge on any atom is 0.460 e. The van der Waals surface area contributed by atoms with Gasteiger partial charge in [-0.05, 0) is 6.92 Å². The van der Waals surface area contributed by atoms with Crippen molar-refractivity contribution in [3.63, 3.8) is 0 Å². The SMILES string of the molecule is CCOC(=O)c1cnn2c1NN=C(C(=O)OC)C2(O)C(F)(F)C(F)(F)C(F)(F)F. The molecule has 0 fully saturated rings. The molecule has 1 aliphatic heterocycles. The number of aromatic nitrogens is 2. The molecule has 1 aliphatic rings. The Kier molecular flexibility index (Phi) is 5.29. The molecule has 0 radical (unpaired) electrons. The van der Waals surface area contributed by atoms with Crippen LogP contribution in [-0.2, 0) is 20.0 Å². The fraction of sp³-hybridized carbons (Fsp3) is 0.538. The number of alkyl halides is 7. The number of carbonyl (C=O) groups is 2. The van der Waals surface area contributed by atoms with E-state index in [1.165, 1.54) is 6.92 Å². The molecular weight excluding hydrogens is 425 g/mol. The summed E-state index contributed by atoms with van der Waals surface area (Å²) in [6.07, 6.45) is -6.42. The Morgan fingerprint density at radius 1 is 1.21 bits per heavy atom. The molecule has 16 heteroatoms. The highest BCUT2D eigenvalue weighted by Crippen LogP contribution is 2.54. The summed E-state index contributed by atoms with van der Waals surface area (Å²) in [5.74, 6) is -17.6. The van der Waals surface area contributed by atoms with Crippen LogP contribution in [0.15, 0.2) is 11.3 Å². The number of esters is 2. The van der Waals surface area contributed by atoms with Crippen LogP contribution >= 0.6 is 0 Å². The van der Waals surface area contributed by atoms with E-state index < -0.39 is 57.5 Å². The van der Waals surface area contributed by atoms with Crippen molar-refractivity contribution in [1.82, 2.24) is 9.78 Å². The first-order valence-corrected chi connectivity index (χ1v) is 7.41. The Labute approximate surface area is 156 Å². The number of halogens is 7. The molecule has 1 aromatic rings. The molecule has 1 unspecified atom stereocenters. The van der Waals surface area contributed by atoms with Gasteiger partial charge < -0.3 is 14.6 Å². The minimum Gasteiger partial charge on any atom is -0.464 e. The molecule has 0 saturated carbocycles. The molecule has 0 bridgehead atoms. The molecule has 0 aromatic carbocycles. The minimum absolute atomic E-state index is 0.229. The van der Waals surface area contributed by atoms with Crippen molar-refractivity contribution in [2.45, 2.75) is 30.7 Å². The molecule has 1 atom stereocenters. The zero-order valence-electron chi connectivity index (χ0n) is 14.4. The van der Waals surface area contributed by atoms with Gasteiger partial charge in [0.15, 0.2) is 5.82 Å². The summed E-state index contributed by atoms with van der Waals surface area (Å²) in [6.45, 7) is 1.12. The molecular formula is C13H11F7N4O5. The number of methoxy groups -OCH3 is 1. The lowest BCUT2D eigenvalue weighted by Crippen LogP contribution is -2.70. The van der Waals surface area contributed by atoms with E-state index in [2.05, 4.69) is 19.7 Å². The third-order valence-electron chi connectivity index (χ3n) is 3.74. The van der Waals surface area contributed by atoms with Crippen molar-refractivity contribution in [2.75, 3.05) is 19.1 Å². The third kappa shape index (κ3) is 2.97. The van der Waals surface area contributed by atoms with Crippen LogP contribution in [0.25, 0.3) is 0 Å². The largest absolute Gasteiger partial charge is 0.464 e. The zero-order chi connectivity index (χ0) is 22.4. The fourth-order valence-electron chi connectivity index (χ4n) is 2.31. The normalized spacial score (nSPS) is 19.7. The van der Waals surface area contributed by atoms with E-state index in [0.717, 1.165) is 0 Å². The van der Waals surface area contributed by atoms with Crippen molar-refractivity contribution in [3.8, 4) is 0 Å². The number of nitrogens with one attached hydrogen (secondary N) is 1. The van der Waals surface area contributed by atoms with E-state index in [4.69, 9.17) is 0 Å². The van der Waals surface area contributed by atoms with E-state index in [9.17, 15) is 45.4 Å². The highest BCUT2D eigenvalue weighted by atomic mass is 19.4. The molecule has 2 rings (SSSR count). The van der Waals surface area contributed by atoms with E-state index >= 15 is 0 Å². The number of anilines is 1. The van der Waals surface area contributed by atoms with Crippen LogP contribution in [0.4, 0.5) is 36.6 Å². The van der Waals surface area contributed by atoms with Crippen LogP contribution in [0, 0.1) is 0 Å². The molecule has 1 aromatic heterocycles. The molecule has 2 heterocycles. The van der Waals surface area contributed by atoms with Crippen LogP contribution in [0.1, 0.15) is 17.3 Å². The Morgan fingerprint density at radius 2 is 1.79 bits per heavy atom. The average Bonchev–Trinajstić information content (AvgIpc) is 3.05. The predicted octanol–water partition coefficient (Wildman–Crippen LogP) is 1.49. The zero-order valence-corrected chi connectivity index (χ0v) is 14.4. The molecule has 0 amide bonds. The topological polar surface area (TPSA) is 115 Å². The average molecular weight is 436 g/mol. The van der Waals surface area contributed by atoms with Crippen LogP contribution in [0.3, 0.4) is 0 Å². The fourth-order valence-corrected chi connectivity index (χ4v) is 2.31. The Hall–Kier alpha value is -2.91. The van der Waals surface area contributed by atoms with Crippen molar-refractivity contribution in [2.24, 2.45) is 5.10 Å². The molecule has 0 spiro atoms. The summed E-state index contributed by atoms with van der Waals surface area (Å²) in [4.78, 5) is 23.5. The van der Waals surface area contributed by atoms with Crippen molar-refractivity contribution >= 4 is 23.5 Å². The van der Waals surface area contributed by atoms with Gasteiger partial charge in [0.25, 0.3) is 5.72 Å². The highest BCUT2D eigenvalue weighted by Gasteiger charge is 2.83. The molecule has 0 saturated heterocycles. The number of rotatable bonds is 5. The Bertz CT molecular complexity index is 866. The van der Waals surface area contributed by atoms with E-state index in [0.29, 0.717) is 13.3 Å². The van der Waals surface area contributed by atoms with E-state index in [1.54, 1.807) is 5.43 Å². The lowest BCUT2D eigenvalue weighted by atomic mass is 9.92. The highest BCUT2D eigenvalue weighted by molar-refractivity contribution is 6.39. The number of fused-ring (bicyclic) bond motifs is 1. The van der Waals surface area contributed by atoms with Gasteiger partial charge in [-0.25, -0.2) is 14.3 Å². The number of ether oxygens (including phenoxy) is 2. The van der Waals surface area contributed by atoms with Gasteiger partial charge in [-0.15, -0.1) is 0 Å². The van der Waals surface area contributed by atoms with Gasteiger partial charge in [-0.1, -0.05) is 0 Å². The summed E-state index contributed by atoms with van der Waals surface area (Å²) < 4.78 is 102. The number of hydrogen-bond donors (Lipinski definition) is 2. The van der Waals surface area contributed by atoms with Gasteiger partial charge in [0, 0.05) is 0 Å². The third-order valence-corrected chi connectivity index (χ3v) is 3.74. The van der Waals surface area contributed by atoms with Crippen LogP contribution in [0.2, 0.25) is 0 Å². The maximum atomic E-state index is 14.5. The summed E-state index contributed by atoms with van der Waals surface area (Å²) in [5.41, 5.74) is -5.72. The van der Waals surface area contributed by atoms with E-state index in [-0.39, 0.29) is 6.61 Å². The van der Waals surface area contributed by atoms with Crippen molar-refractivity contribution in [1.29, 1.82) is 0 Å². The van der Waals surface area contributed by atoms with Gasteiger partial charge >= 0.3 is 30.0 Å². The number of carbonyl (C=O) groups excluding carboxylic acids is 2. The lowest BCUT2D eigenvalue weighted by molar-refractivity contribution is -0.391. The number of hydrogen-bond acceptors (Lipinski definition) is 8. The molecule has 29 heavy (non-hydrogen) atoms. The van der Waals surface area contributed by atoms with Crippen molar-refractivity contribution in [3.05, 3.63) is 11.8 Å². The van der Waals surface area contributed by atoms with Gasteiger partial charge in [0.05, 0.1) is 19.9 Å². The maximum absolute atomic E-state index is 14.5. The lowest BCUT2D eigenvalue weighted by Gasteiger charge is -2.41. The number of aliphatic hydroxyl groups is 1. The van der Waals surface area contributed by atoms with Crippen LogP contribution in [0.5, 0.6) is 0 Å². The van der Waals surface area contributed by atoms with Gasteiger partial charge in [-0.3, -0.25) is 5.43 Å². The van der Waals surface area contributed by atoms with Gasteiger partial charge in [0.2, 0.25) is 5.71 Å². The second-order valence-corrected chi connectivity index (χ2v) is 5.42. The minimum atomic E-state index is -6.87. The van der Waals surface area contributed by atoms with Gasteiger partial charge in [-0.2, -0.15) is 40.9 Å². The quantitative estimate of drug-likeness (QED) is 0.531. The van der Waals surface area contributed by atoms with E-state index in [1.807, 2.05) is 0 Å². The molecule has 9 nitrogen and oxygen atoms in total. The summed E-state index contributed by atoms with van der Waals surface area (Å²) in [5, 5.41) is 16.4. The second-order valence-electron chi connectivity index (χ2n) is 5.42. The predicted molar refractivity (Wildman–Crippen MR) is 77.4 cm³/mol. The monoisotopic (exact) mass is 436 g/mol. The van der Waals surface area contributed by atoms with Crippen LogP contribution in [-0.4, -0.2) is 64.3 Å². The molecule has 2 N–H and O–H groups in total. The second kappa shape index (κ2) is 6.85. The number of hydrazone groups is 1. The first-order valence-electron chi connectivity index (χ1n) is 7.41. The van der Waals surface area contributed by atoms with Gasteiger partial charge in [0.1, 0.15) is 5.56 Å². The Morgan fingerprint density at radius 3 is 2.28 bits per heavy atom. The first-order chi connectivity index (χ1) is 13.2. The summed E-state index contributed by atoms with van der Waals surface area (Å²) >= 11 is 0. The summed E-state index contributed by atoms with van der Waals surface area (Å²) in [7, 11) is 0.563. The van der Waals surface area contributed by atoms with Crippen molar-refractivity contribution < 1.29 is 54.9 Å². The van der Waals surface area contributed by atoms with Crippen LogP contribution < -0.4 is 5.43 Å². The summed E-state index contributed by atoms with van der Waals surface area (Å²) in [6, 6.07) is 0. The smallest absolute Gasteiger partial charge is 0.460 e. The molecule has 0 aliphatic carbocycles.